The third-order valence-corrected chi connectivity index (χ3v) is 2.34. The first-order valence-corrected chi connectivity index (χ1v) is 4.59. The lowest BCUT2D eigenvalue weighted by Crippen LogP contribution is -2.15. The number of carboxylic acids is 1. The minimum absolute atomic E-state index is 0.0657. The molecule has 16 heavy (non-hydrogen) atoms. The highest BCUT2D eigenvalue weighted by Gasteiger charge is 2.13. The highest BCUT2D eigenvalue weighted by atomic mass is 16.4. The molecule has 0 fully saturated rings. The molecule has 0 amide bonds. The fourth-order valence-electron chi connectivity index (χ4n) is 1.61. The van der Waals surface area contributed by atoms with E-state index in [0.29, 0.717) is 5.56 Å². The third kappa shape index (κ3) is 1.42. The maximum absolute atomic E-state index is 11.8. The number of phenols is 1. The molecular weight excluding hydrogens is 210 g/mol. The first-order valence-electron chi connectivity index (χ1n) is 4.59. The molecule has 0 atom stereocenters. The van der Waals surface area contributed by atoms with Gasteiger partial charge in [-0.1, -0.05) is 0 Å². The fourth-order valence-corrected chi connectivity index (χ4v) is 1.61. The van der Waals surface area contributed by atoms with Crippen molar-refractivity contribution in [3.05, 3.63) is 39.7 Å². The van der Waals surface area contributed by atoms with Gasteiger partial charge in [0.15, 0.2) is 0 Å². The van der Waals surface area contributed by atoms with E-state index in [0.717, 1.165) is 6.20 Å². The fraction of sp³-hybridized carbons (Fsp3) is 0.0909. The summed E-state index contributed by atoms with van der Waals surface area (Å²) in [5.74, 6) is -1.35. The molecule has 2 aromatic rings. The maximum Gasteiger partial charge on any atom is 0.341 e. The number of benzene rings is 1. The summed E-state index contributed by atoms with van der Waals surface area (Å²) in [6, 6.07) is 3.04. The van der Waals surface area contributed by atoms with Gasteiger partial charge in [-0.05, 0) is 24.6 Å². The SMILES string of the molecule is Cc1cc(O)c2[nH]cc(C(=O)O)c(=O)c2c1. The number of hydrogen-bond donors (Lipinski definition) is 3. The van der Waals surface area contributed by atoms with E-state index in [9.17, 15) is 14.7 Å². The number of H-pyrrole nitrogens is 1. The predicted molar refractivity (Wildman–Crippen MR) is 57.9 cm³/mol. The van der Waals surface area contributed by atoms with Crippen molar-refractivity contribution in [1.29, 1.82) is 0 Å². The minimum atomic E-state index is -1.29. The van der Waals surface area contributed by atoms with Crippen LogP contribution in [0.2, 0.25) is 0 Å². The number of aryl methyl sites for hydroxylation is 1. The molecule has 1 aromatic carbocycles. The van der Waals surface area contributed by atoms with Crippen LogP contribution in [0.5, 0.6) is 5.75 Å². The van der Waals surface area contributed by atoms with Gasteiger partial charge in [0.05, 0.1) is 10.9 Å². The van der Waals surface area contributed by atoms with Gasteiger partial charge in [-0.25, -0.2) is 4.79 Å². The number of pyridine rings is 1. The van der Waals surface area contributed by atoms with Gasteiger partial charge in [0.25, 0.3) is 0 Å². The van der Waals surface area contributed by atoms with Gasteiger partial charge in [-0.15, -0.1) is 0 Å². The predicted octanol–water partition coefficient (Wildman–Crippen LogP) is 1.24. The number of carbonyl (C=O) groups is 1. The average molecular weight is 219 g/mol. The normalized spacial score (nSPS) is 10.6. The summed E-state index contributed by atoms with van der Waals surface area (Å²) in [4.78, 5) is 25.1. The topological polar surface area (TPSA) is 90.4 Å². The number of hydrogen-bond acceptors (Lipinski definition) is 3. The Morgan fingerprint density at radius 2 is 2.06 bits per heavy atom. The number of phenolic OH excluding ortho intramolecular Hbond substituents is 1. The van der Waals surface area contributed by atoms with Crippen molar-refractivity contribution in [3.63, 3.8) is 0 Å². The summed E-state index contributed by atoms with van der Waals surface area (Å²) < 4.78 is 0. The molecular formula is C11H9NO4. The number of aromatic carboxylic acids is 1. The Labute approximate surface area is 90.0 Å². The summed E-state index contributed by atoms with van der Waals surface area (Å²) in [5.41, 5.74) is 0.0105. The molecule has 0 aliphatic carbocycles. The molecule has 0 unspecified atom stereocenters. The van der Waals surface area contributed by atoms with Crippen LogP contribution in [-0.4, -0.2) is 21.2 Å². The third-order valence-electron chi connectivity index (χ3n) is 2.34. The Balaban J connectivity index is 2.95. The molecule has 0 bridgehead atoms. The van der Waals surface area contributed by atoms with E-state index in [4.69, 9.17) is 5.11 Å². The lowest BCUT2D eigenvalue weighted by molar-refractivity contribution is 0.0695. The minimum Gasteiger partial charge on any atom is -0.506 e. The number of aromatic amines is 1. The van der Waals surface area contributed by atoms with Gasteiger partial charge >= 0.3 is 5.97 Å². The summed E-state index contributed by atoms with van der Waals surface area (Å²) >= 11 is 0. The first kappa shape index (κ1) is 10.2. The van der Waals surface area contributed by atoms with Gasteiger partial charge in [-0.2, -0.15) is 0 Å². The monoisotopic (exact) mass is 219 g/mol. The summed E-state index contributed by atoms with van der Waals surface area (Å²) in [6.07, 6.45) is 1.09. The van der Waals surface area contributed by atoms with Crippen LogP contribution < -0.4 is 5.43 Å². The Hall–Kier alpha value is -2.30. The second-order valence-electron chi connectivity index (χ2n) is 3.54. The van der Waals surface area contributed by atoms with Crippen LogP contribution >= 0.6 is 0 Å². The van der Waals surface area contributed by atoms with Crippen LogP contribution in [0.15, 0.2) is 23.1 Å². The van der Waals surface area contributed by atoms with Crippen molar-refractivity contribution in [2.75, 3.05) is 0 Å². The summed E-state index contributed by atoms with van der Waals surface area (Å²) in [6.45, 7) is 1.71. The zero-order valence-corrected chi connectivity index (χ0v) is 8.44. The molecule has 5 nitrogen and oxygen atoms in total. The standard InChI is InChI=1S/C11H9NO4/c1-5-2-6-9(8(13)3-5)12-4-7(10(6)14)11(15)16/h2-4,13H,1H3,(H,12,14)(H,15,16). The quantitative estimate of drug-likeness (QED) is 0.673. The molecule has 0 radical (unpaired) electrons. The van der Waals surface area contributed by atoms with Crippen LogP contribution in [0.25, 0.3) is 10.9 Å². The van der Waals surface area contributed by atoms with E-state index in [1.807, 2.05) is 0 Å². The van der Waals surface area contributed by atoms with Crippen LogP contribution in [0.4, 0.5) is 0 Å². The van der Waals surface area contributed by atoms with Gasteiger partial charge in [0, 0.05) is 6.20 Å². The molecule has 5 heteroatoms. The maximum atomic E-state index is 11.8. The number of fused-ring (bicyclic) bond motifs is 1. The zero-order chi connectivity index (χ0) is 11.9. The van der Waals surface area contributed by atoms with Crippen LogP contribution in [-0.2, 0) is 0 Å². The average Bonchev–Trinajstić information content (AvgIpc) is 2.19. The molecule has 1 aromatic heterocycles. The van der Waals surface area contributed by atoms with E-state index < -0.39 is 11.4 Å². The Bertz CT molecular complexity index is 642. The number of aromatic nitrogens is 1. The zero-order valence-electron chi connectivity index (χ0n) is 8.44. The second-order valence-corrected chi connectivity index (χ2v) is 3.54. The van der Waals surface area contributed by atoms with Crippen molar-refractivity contribution in [1.82, 2.24) is 4.98 Å². The van der Waals surface area contributed by atoms with Crippen molar-refractivity contribution in [2.45, 2.75) is 6.92 Å². The van der Waals surface area contributed by atoms with Crippen LogP contribution in [0.1, 0.15) is 15.9 Å². The van der Waals surface area contributed by atoms with Crippen molar-refractivity contribution < 1.29 is 15.0 Å². The highest BCUT2D eigenvalue weighted by molar-refractivity contribution is 5.94. The molecule has 82 valence electrons. The van der Waals surface area contributed by atoms with Gasteiger partial charge < -0.3 is 15.2 Å². The molecule has 0 spiro atoms. The number of rotatable bonds is 1. The van der Waals surface area contributed by atoms with Gasteiger partial charge in [0.2, 0.25) is 5.43 Å². The summed E-state index contributed by atoms with van der Waals surface area (Å²) in [7, 11) is 0. The molecule has 2 rings (SSSR count). The number of aromatic hydroxyl groups is 1. The first-order chi connectivity index (χ1) is 7.50. The van der Waals surface area contributed by atoms with Crippen LogP contribution in [0, 0.1) is 6.92 Å². The van der Waals surface area contributed by atoms with Crippen molar-refractivity contribution in [2.24, 2.45) is 0 Å². The second kappa shape index (κ2) is 3.37. The molecule has 3 N–H and O–H groups in total. The molecule has 0 aliphatic rings. The highest BCUT2D eigenvalue weighted by Crippen LogP contribution is 2.22. The number of nitrogens with one attached hydrogen (secondary N) is 1. The van der Waals surface area contributed by atoms with E-state index in [-0.39, 0.29) is 22.2 Å². The van der Waals surface area contributed by atoms with E-state index >= 15 is 0 Å². The summed E-state index contributed by atoms with van der Waals surface area (Å²) in [5, 5.41) is 18.5. The Kier molecular flexibility index (Phi) is 2.16. The Morgan fingerprint density at radius 3 is 2.69 bits per heavy atom. The Morgan fingerprint density at radius 1 is 1.38 bits per heavy atom. The van der Waals surface area contributed by atoms with E-state index in [1.165, 1.54) is 6.07 Å². The molecule has 1 heterocycles. The molecule has 0 aliphatic heterocycles. The van der Waals surface area contributed by atoms with E-state index in [2.05, 4.69) is 4.98 Å². The van der Waals surface area contributed by atoms with Gasteiger partial charge in [0.1, 0.15) is 11.3 Å². The molecule has 0 saturated heterocycles. The lowest BCUT2D eigenvalue weighted by atomic mass is 10.1. The molecule has 0 saturated carbocycles. The smallest absolute Gasteiger partial charge is 0.341 e. The van der Waals surface area contributed by atoms with Crippen molar-refractivity contribution >= 4 is 16.9 Å². The number of carboxylic acid groups (broad SMARTS) is 1. The van der Waals surface area contributed by atoms with E-state index in [1.54, 1.807) is 13.0 Å². The van der Waals surface area contributed by atoms with Crippen molar-refractivity contribution in [3.8, 4) is 5.75 Å². The van der Waals surface area contributed by atoms with Crippen LogP contribution in [0.3, 0.4) is 0 Å². The van der Waals surface area contributed by atoms with Gasteiger partial charge in [-0.3, -0.25) is 4.79 Å². The lowest BCUT2D eigenvalue weighted by Gasteiger charge is -2.03. The largest absolute Gasteiger partial charge is 0.506 e.